The summed E-state index contributed by atoms with van der Waals surface area (Å²) >= 11 is 0. The molecule has 0 aliphatic heterocycles. The van der Waals surface area contributed by atoms with Crippen molar-refractivity contribution in [3.63, 3.8) is 0 Å². The van der Waals surface area contributed by atoms with Crippen LogP contribution in [0.3, 0.4) is 0 Å². The number of rotatable bonds is 5. The number of sulfonamides is 1. The molecule has 5 nitrogen and oxygen atoms in total. The first kappa shape index (κ1) is 17.0. The molecule has 1 fully saturated rings. The SMILES string of the molecule is CCOc1ccncc1S(=O)(=O)NC1(C(F)(F)F)CCCC1. The molecule has 1 N–H and O–H groups in total. The molecule has 0 atom stereocenters. The Hall–Kier alpha value is -1.35. The molecule has 1 aliphatic rings. The van der Waals surface area contributed by atoms with Crippen LogP contribution in [0, 0.1) is 0 Å². The third-order valence-electron chi connectivity index (χ3n) is 3.67. The summed E-state index contributed by atoms with van der Waals surface area (Å²) in [5.41, 5.74) is -2.41. The van der Waals surface area contributed by atoms with Gasteiger partial charge in [-0.15, -0.1) is 0 Å². The molecular weight excluding hydrogens is 321 g/mol. The third kappa shape index (κ3) is 3.19. The maximum absolute atomic E-state index is 13.3. The Bertz CT molecular complexity index is 626. The molecule has 1 saturated carbocycles. The van der Waals surface area contributed by atoms with Crippen molar-refractivity contribution in [3.8, 4) is 5.75 Å². The van der Waals surface area contributed by atoms with Gasteiger partial charge in [-0.3, -0.25) is 4.98 Å². The maximum Gasteiger partial charge on any atom is 0.407 e. The van der Waals surface area contributed by atoms with E-state index in [1.165, 1.54) is 12.3 Å². The van der Waals surface area contributed by atoms with Crippen LogP contribution in [0.15, 0.2) is 23.4 Å². The fourth-order valence-electron chi connectivity index (χ4n) is 2.58. The number of pyridine rings is 1. The highest BCUT2D eigenvalue weighted by molar-refractivity contribution is 7.89. The van der Waals surface area contributed by atoms with Gasteiger partial charge in [0.1, 0.15) is 16.2 Å². The van der Waals surface area contributed by atoms with Crippen molar-refractivity contribution in [2.24, 2.45) is 0 Å². The van der Waals surface area contributed by atoms with Gasteiger partial charge in [-0.1, -0.05) is 12.8 Å². The molecule has 124 valence electrons. The van der Waals surface area contributed by atoms with Crippen LogP contribution in [0.5, 0.6) is 5.75 Å². The molecule has 22 heavy (non-hydrogen) atoms. The van der Waals surface area contributed by atoms with Gasteiger partial charge in [0.15, 0.2) is 0 Å². The van der Waals surface area contributed by atoms with Gasteiger partial charge in [-0.05, 0) is 25.8 Å². The molecule has 0 saturated heterocycles. The third-order valence-corrected chi connectivity index (χ3v) is 5.21. The highest BCUT2D eigenvalue weighted by Gasteiger charge is 2.58. The van der Waals surface area contributed by atoms with E-state index in [0.717, 1.165) is 6.20 Å². The van der Waals surface area contributed by atoms with Crippen LogP contribution in [-0.2, 0) is 10.0 Å². The van der Waals surface area contributed by atoms with Crippen LogP contribution in [0.25, 0.3) is 0 Å². The summed E-state index contributed by atoms with van der Waals surface area (Å²) in [6.07, 6.45) is -2.21. The summed E-state index contributed by atoms with van der Waals surface area (Å²) in [6.45, 7) is 1.84. The van der Waals surface area contributed by atoms with E-state index in [9.17, 15) is 21.6 Å². The lowest BCUT2D eigenvalue weighted by Gasteiger charge is -2.32. The largest absolute Gasteiger partial charge is 0.492 e. The average Bonchev–Trinajstić information content (AvgIpc) is 2.88. The highest BCUT2D eigenvalue weighted by atomic mass is 32.2. The van der Waals surface area contributed by atoms with Crippen molar-refractivity contribution in [3.05, 3.63) is 18.5 Å². The lowest BCUT2D eigenvalue weighted by molar-refractivity contribution is -0.188. The predicted octanol–water partition coefficient (Wildman–Crippen LogP) is 2.63. The molecule has 9 heteroatoms. The molecule has 2 rings (SSSR count). The van der Waals surface area contributed by atoms with E-state index in [0.29, 0.717) is 12.8 Å². The van der Waals surface area contributed by atoms with Crippen LogP contribution < -0.4 is 9.46 Å². The predicted molar refractivity (Wildman–Crippen MR) is 73.0 cm³/mol. The number of hydrogen-bond donors (Lipinski definition) is 1. The van der Waals surface area contributed by atoms with Crippen molar-refractivity contribution in [1.29, 1.82) is 0 Å². The second-order valence-corrected chi connectivity index (χ2v) is 6.80. The molecule has 0 spiro atoms. The minimum absolute atomic E-state index is 0.0136. The first-order chi connectivity index (χ1) is 10.2. The topological polar surface area (TPSA) is 68.3 Å². The molecule has 0 aromatic carbocycles. The number of ether oxygens (including phenoxy) is 1. The van der Waals surface area contributed by atoms with Gasteiger partial charge in [0.25, 0.3) is 0 Å². The molecule has 1 aromatic rings. The molecule has 0 bridgehead atoms. The van der Waals surface area contributed by atoms with Gasteiger partial charge >= 0.3 is 6.18 Å². The zero-order chi connectivity index (χ0) is 16.4. The Morgan fingerprint density at radius 1 is 1.36 bits per heavy atom. The molecule has 1 aliphatic carbocycles. The first-order valence-corrected chi connectivity index (χ1v) is 8.38. The van der Waals surface area contributed by atoms with E-state index >= 15 is 0 Å². The Labute approximate surface area is 126 Å². The Balaban J connectivity index is 2.39. The fraction of sp³-hybridized carbons (Fsp3) is 0.615. The Morgan fingerprint density at radius 3 is 2.55 bits per heavy atom. The van der Waals surface area contributed by atoms with E-state index in [2.05, 4.69) is 4.98 Å². The zero-order valence-corrected chi connectivity index (χ0v) is 12.8. The smallest absolute Gasteiger partial charge is 0.407 e. The Kier molecular flexibility index (Phi) is 4.67. The van der Waals surface area contributed by atoms with Crippen LogP contribution in [0.4, 0.5) is 13.2 Å². The van der Waals surface area contributed by atoms with Gasteiger partial charge in [0.2, 0.25) is 10.0 Å². The summed E-state index contributed by atoms with van der Waals surface area (Å²) in [6, 6.07) is 1.31. The average molecular weight is 338 g/mol. The molecule has 1 aromatic heterocycles. The second kappa shape index (κ2) is 6.04. The molecule has 0 amide bonds. The van der Waals surface area contributed by atoms with E-state index in [-0.39, 0.29) is 30.1 Å². The van der Waals surface area contributed by atoms with Gasteiger partial charge in [0, 0.05) is 6.20 Å². The van der Waals surface area contributed by atoms with Crippen molar-refractivity contribution < 1.29 is 26.3 Å². The summed E-state index contributed by atoms with van der Waals surface area (Å²) in [5.74, 6) is -0.0136. The number of nitrogens with one attached hydrogen (secondary N) is 1. The number of hydrogen-bond acceptors (Lipinski definition) is 4. The van der Waals surface area contributed by atoms with Gasteiger partial charge in [-0.2, -0.15) is 17.9 Å². The zero-order valence-electron chi connectivity index (χ0n) is 12.0. The number of alkyl halides is 3. The normalized spacial score (nSPS) is 18.4. The number of halogens is 3. The van der Waals surface area contributed by atoms with Gasteiger partial charge < -0.3 is 4.74 Å². The van der Waals surface area contributed by atoms with E-state index in [4.69, 9.17) is 4.74 Å². The standard InChI is InChI=1S/C13H17F3N2O3S/c1-2-21-10-5-8-17-9-11(10)22(19,20)18-12(13(14,15)16)6-3-4-7-12/h5,8-9,18H,2-4,6-7H2,1H3. The minimum atomic E-state index is -4.65. The molecular formula is C13H17F3N2O3S. The lowest BCUT2D eigenvalue weighted by atomic mass is 9.99. The first-order valence-electron chi connectivity index (χ1n) is 6.89. The van der Waals surface area contributed by atoms with Crippen molar-refractivity contribution in [2.45, 2.75) is 49.2 Å². The van der Waals surface area contributed by atoms with Gasteiger partial charge in [-0.25, -0.2) is 8.42 Å². The lowest BCUT2D eigenvalue weighted by Crippen LogP contribution is -2.56. The second-order valence-electron chi connectivity index (χ2n) is 5.15. The highest BCUT2D eigenvalue weighted by Crippen LogP contribution is 2.44. The monoisotopic (exact) mass is 338 g/mol. The van der Waals surface area contributed by atoms with Crippen LogP contribution >= 0.6 is 0 Å². The summed E-state index contributed by atoms with van der Waals surface area (Å²) in [4.78, 5) is 3.29. The van der Waals surface area contributed by atoms with Gasteiger partial charge in [0.05, 0.1) is 12.8 Å². The fourth-order valence-corrected chi connectivity index (χ4v) is 4.11. The molecule has 1 heterocycles. The van der Waals surface area contributed by atoms with Crippen molar-refractivity contribution in [1.82, 2.24) is 9.71 Å². The van der Waals surface area contributed by atoms with Crippen LogP contribution in [0.1, 0.15) is 32.6 Å². The number of nitrogens with zero attached hydrogens (tertiary/aromatic N) is 1. The quantitative estimate of drug-likeness (QED) is 0.896. The minimum Gasteiger partial charge on any atom is -0.492 e. The summed E-state index contributed by atoms with van der Waals surface area (Å²) in [7, 11) is -4.40. The van der Waals surface area contributed by atoms with E-state index in [1.807, 2.05) is 4.72 Å². The maximum atomic E-state index is 13.3. The summed E-state index contributed by atoms with van der Waals surface area (Å²) < 4.78 is 71.8. The number of aromatic nitrogens is 1. The van der Waals surface area contributed by atoms with Crippen LogP contribution in [0.2, 0.25) is 0 Å². The van der Waals surface area contributed by atoms with E-state index < -0.39 is 21.7 Å². The molecule has 0 radical (unpaired) electrons. The summed E-state index contributed by atoms with van der Waals surface area (Å²) in [5, 5.41) is 0. The van der Waals surface area contributed by atoms with E-state index in [1.54, 1.807) is 6.92 Å². The molecule has 0 unspecified atom stereocenters. The Morgan fingerprint density at radius 2 is 2.00 bits per heavy atom. The van der Waals surface area contributed by atoms with Crippen molar-refractivity contribution >= 4 is 10.0 Å². The van der Waals surface area contributed by atoms with Crippen molar-refractivity contribution in [2.75, 3.05) is 6.61 Å². The van der Waals surface area contributed by atoms with Crippen LogP contribution in [-0.4, -0.2) is 31.7 Å².